The number of unbranched alkanes of at least 4 members (excludes halogenated alkanes) is 6. The summed E-state index contributed by atoms with van der Waals surface area (Å²) in [6, 6.07) is 0. The third-order valence-electron chi connectivity index (χ3n) is 4.06. The smallest absolute Gasteiger partial charge is 0.181 e. The van der Waals surface area contributed by atoms with Crippen LogP contribution in [0.2, 0.25) is 19.0 Å². The molecule has 0 saturated carbocycles. The Balaban J connectivity index is 0. The van der Waals surface area contributed by atoms with E-state index in [1.54, 1.807) is 19.0 Å². The molecule has 0 rings (SSSR count). The van der Waals surface area contributed by atoms with Crippen LogP contribution in [0.3, 0.4) is 0 Å². The van der Waals surface area contributed by atoms with Gasteiger partial charge in [0, 0.05) is 0 Å². The monoisotopic (exact) mass is 248 g/mol. The minimum atomic E-state index is 0. The topological polar surface area (TPSA) is 0 Å². The standard InChI is InChI=1S/C15H34B.Na/c1-4-7-10-13-16(14-11-8-5-2)15-12-9-6-3;/h16H,4-15H2,1-3H3;/q-1;+1. The summed E-state index contributed by atoms with van der Waals surface area (Å²) in [5.74, 6) is 0. The molecule has 0 radical (unpaired) electrons. The van der Waals surface area contributed by atoms with Crippen LogP contribution in [-0.2, 0) is 0 Å². The van der Waals surface area contributed by atoms with E-state index in [9.17, 15) is 0 Å². The molecule has 98 valence electrons. The van der Waals surface area contributed by atoms with Crippen molar-refractivity contribution in [3.8, 4) is 0 Å². The molecule has 2 heteroatoms. The van der Waals surface area contributed by atoms with Crippen LogP contribution in [0.5, 0.6) is 0 Å². The average molecular weight is 248 g/mol. The van der Waals surface area contributed by atoms with Crippen molar-refractivity contribution in [3.63, 3.8) is 0 Å². The quantitative estimate of drug-likeness (QED) is 0.368. The van der Waals surface area contributed by atoms with E-state index >= 15 is 0 Å². The molecule has 0 aliphatic carbocycles. The minimum Gasteiger partial charge on any atom is -0.181 e. The van der Waals surface area contributed by atoms with E-state index in [4.69, 9.17) is 0 Å². The van der Waals surface area contributed by atoms with E-state index in [0.29, 0.717) is 0 Å². The number of hydrogen-bond acceptors (Lipinski definition) is 0. The molecule has 0 heterocycles. The first kappa shape index (κ1) is 20.4. The molecule has 0 N–H and O–H groups in total. The van der Waals surface area contributed by atoms with Crippen molar-refractivity contribution in [1.82, 2.24) is 0 Å². The van der Waals surface area contributed by atoms with Crippen molar-refractivity contribution < 1.29 is 29.6 Å². The summed E-state index contributed by atoms with van der Waals surface area (Å²) in [7, 11) is 0. The van der Waals surface area contributed by atoms with Crippen LogP contribution in [0.1, 0.15) is 78.6 Å². The number of rotatable bonds is 12. The molecular formula is C15H34BNa. The summed E-state index contributed by atoms with van der Waals surface area (Å²) in [6.07, 6.45) is 17.8. The molecule has 0 nitrogen and oxygen atoms in total. The predicted octanol–water partition coefficient (Wildman–Crippen LogP) is 2.79. The molecule has 0 aliphatic rings. The van der Waals surface area contributed by atoms with Crippen molar-refractivity contribution in [2.45, 2.75) is 97.5 Å². The van der Waals surface area contributed by atoms with Gasteiger partial charge in [0.15, 0.2) is 0 Å². The summed E-state index contributed by atoms with van der Waals surface area (Å²) in [6.45, 7) is 7.18. The van der Waals surface area contributed by atoms with Gasteiger partial charge in [-0.3, -0.25) is 0 Å². The fourth-order valence-corrected chi connectivity index (χ4v) is 2.87. The molecule has 0 unspecified atom stereocenters. The van der Waals surface area contributed by atoms with Crippen molar-refractivity contribution >= 4 is 6.71 Å². The van der Waals surface area contributed by atoms with Crippen molar-refractivity contribution in [1.29, 1.82) is 0 Å². The molecule has 0 amide bonds. The first-order valence-electron chi connectivity index (χ1n) is 8.12. The van der Waals surface area contributed by atoms with E-state index in [-0.39, 0.29) is 36.3 Å². The maximum absolute atomic E-state index is 2.32. The van der Waals surface area contributed by atoms with Gasteiger partial charge >= 0.3 is 29.6 Å². The maximum atomic E-state index is 2.32. The molecule has 0 saturated heterocycles. The van der Waals surface area contributed by atoms with E-state index in [2.05, 4.69) is 20.8 Å². The van der Waals surface area contributed by atoms with Crippen LogP contribution < -0.4 is 29.6 Å². The van der Waals surface area contributed by atoms with Crippen LogP contribution >= 0.6 is 0 Å². The Kier molecular flexibility index (Phi) is 20.5. The van der Waals surface area contributed by atoms with Gasteiger partial charge in [0.2, 0.25) is 0 Å². The molecular weight excluding hydrogens is 214 g/mol. The van der Waals surface area contributed by atoms with Gasteiger partial charge in [0.25, 0.3) is 0 Å². The molecule has 0 fully saturated rings. The van der Waals surface area contributed by atoms with Crippen molar-refractivity contribution in [3.05, 3.63) is 0 Å². The third kappa shape index (κ3) is 15.0. The van der Waals surface area contributed by atoms with Crippen molar-refractivity contribution in [2.75, 3.05) is 0 Å². The molecule has 0 aromatic carbocycles. The van der Waals surface area contributed by atoms with Crippen molar-refractivity contribution in [2.24, 2.45) is 0 Å². The SMILES string of the molecule is CCCCC[BH-](CCCCC)CCCCC.[Na+]. The van der Waals surface area contributed by atoms with Gasteiger partial charge in [-0.1, -0.05) is 78.6 Å². The molecule has 17 heavy (non-hydrogen) atoms. The van der Waals surface area contributed by atoms with Gasteiger partial charge in [-0.2, -0.15) is 19.0 Å². The summed E-state index contributed by atoms with van der Waals surface area (Å²) in [5.41, 5.74) is 0. The van der Waals surface area contributed by atoms with Crippen LogP contribution in [0.4, 0.5) is 0 Å². The second-order valence-corrected chi connectivity index (χ2v) is 5.74. The summed E-state index contributed by atoms with van der Waals surface area (Å²) >= 11 is 0. The largest absolute Gasteiger partial charge is 1.00 e. The Morgan fingerprint density at radius 2 is 0.824 bits per heavy atom. The first-order chi connectivity index (χ1) is 7.85. The zero-order valence-electron chi connectivity index (χ0n) is 13.2. The Bertz CT molecular complexity index is 104. The Hall–Kier alpha value is 1.06. The Labute approximate surface area is 133 Å². The molecule has 0 bridgehead atoms. The van der Waals surface area contributed by atoms with Gasteiger partial charge in [0.05, 0.1) is 0 Å². The normalized spacial score (nSPS) is 10.6. The Morgan fingerprint density at radius 3 is 1.06 bits per heavy atom. The van der Waals surface area contributed by atoms with Crippen LogP contribution in [0, 0.1) is 0 Å². The second-order valence-electron chi connectivity index (χ2n) is 5.74. The number of hydrogen-bond donors (Lipinski definition) is 0. The van der Waals surface area contributed by atoms with E-state index in [1.807, 2.05) is 0 Å². The minimum absolute atomic E-state index is 0. The second kappa shape index (κ2) is 17.1. The molecule has 0 atom stereocenters. The molecule has 0 aromatic heterocycles. The van der Waals surface area contributed by atoms with E-state index in [0.717, 1.165) is 0 Å². The summed E-state index contributed by atoms with van der Waals surface area (Å²) in [5, 5.41) is 0. The zero-order chi connectivity index (χ0) is 12.1. The average Bonchev–Trinajstić information content (AvgIpc) is 2.29. The predicted molar refractivity (Wildman–Crippen MR) is 80.1 cm³/mol. The summed E-state index contributed by atoms with van der Waals surface area (Å²) < 4.78 is 0. The van der Waals surface area contributed by atoms with Crippen LogP contribution in [0.25, 0.3) is 0 Å². The fourth-order valence-electron chi connectivity index (χ4n) is 2.87. The van der Waals surface area contributed by atoms with Crippen LogP contribution in [-0.4, -0.2) is 6.71 Å². The maximum Gasteiger partial charge on any atom is 1.00 e. The molecule has 0 aliphatic heterocycles. The van der Waals surface area contributed by atoms with Crippen LogP contribution in [0.15, 0.2) is 0 Å². The third-order valence-corrected chi connectivity index (χ3v) is 4.06. The Morgan fingerprint density at radius 1 is 0.529 bits per heavy atom. The summed E-state index contributed by atoms with van der Waals surface area (Å²) in [4.78, 5) is 0. The van der Waals surface area contributed by atoms with Gasteiger partial charge in [0.1, 0.15) is 0 Å². The molecule has 0 aromatic rings. The zero-order valence-corrected chi connectivity index (χ0v) is 15.2. The van der Waals surface area contributed by atoms with Gasteiger partial charge in [-0.25, -0.2) is 0 Å². The van der Waals surface area contributed by atoms with E-state index in [1.165, 1.54) is 57.8 Å². The van der Waals surface area contributed by atoms with Gasteiger partial charge < -0.3 is 0 Å². The van der Waals surface area contributed by atoms with Gasteiger partial charge in [-0.15, -0.1) is 0 Å². The first-order valence-corrected chi connectivity index (χ1v) is 8.12. The van der Waals surface area contributed by atoms with Gasteiger partial charge in [-0.05, 0) is 6.71 Å². The molecule has 0 spiro atoms. The van der Waals surface area contributed by atoms with E-state index < -0.39 is 0 Å². The fraction of sp³-hybridized carbons (Fsp3) is 1.00.